The third-order valence-electron chi connectivity index (χ3n) is 3.55. The molecule has 1 aliphatic heterocycles. The number of aliphatic imine (C=N–C) groups is 1. The van der Waals surface area contributed by atoms with E-state index >= 15 is 0 Å². The van der Waals surface area contributed by atoms with Crippen molar-refractivity contribution in [3.8, 4) is 0 Å². The highest BCUT2D eigenvalue weighted by Gasteiger charge is 2.15. The Hall–Kier alpha value is -2.87. The Bertz CT molecular complexity index is 921. The Kier molecular flexibility index (Phi) is 4.71. The Morgan fingerprint density at radius 2 is 1.88 bits per heavy atom. The monoisotopic (exact) mass is 358 g/mol. The van der Waals surface area contributed by atoms with Gasteiger partial charge in [-0.1, -0.05) is 6.07 Å². The standard InChI is InChI=1S/C17H18N4O3S/c1-12(22)20-15-3-2-4-16(11-15)25(23,24)21-14-7-5-13(6-8-14)17-18-9-10-19-17/h2-8,11,21H,9-10H2,1H3,(H,18,19)(H,20,22). The van der Waals surface area contributed by atoms with Crippen LogP contribution in [-0.4, -0.2) is 33.3 Å². The van der Waals surface area contributed by atoms with Crippen LogP contribution < -0.4 is 15.4 Å². The van der Waals surface area contributed by atoms with Crippen LogP contribution >= 0.6 is 0 Å². The highest BCUT2D eigenvalue weighted by atomic mass is 32.2. The predicted octanol–water partition coefficient (Wildman–Crippen LogP) is 1.80. The number of carbonyl (C=O) groups is 1. The maximum atomic E-state index is 12.5. The van der Waals surface area contributed by atoms with Gasteiger partial charge in [0.15, 0.2) is 0 Å². The van der Waals surface area contributed by atoms with Crippen LogP contribution in [0.5, 0.6) is 0 Å². The Balaban J connectivity index is 1.78. The molecule has 130 valence electrons. The average molecular weight is 358 g/mol. The van der Waals surface area contributed by atoms with Crippen molar-refractivity contribution in [3.63, 3.8) is 0 Å². The number of hydrogen-bond acceptors (Lipinski definition) is 5. The molecule has 0 saturated carbocycles. The first-order valence-electron chi connectivity index (χ1n) is 7.73. The Morgan fingerprint density at radius 3 is 2.52 bits per heavy atom. The van der Waals surface area contributed by atoms with Gasteiger partial charge < -0.3 is 10.6 Å². The van der Waals surface area contributed by atoms with Gasteiger partial charge in [-0.3, -0.25) is 14.5 Å². The number of rotatable bonds is 5. The van der Waals surface area contributed by atoms with Crippen molar-refractivity contribution in [2.24, 2.45) is 4.99 Å². The van der Waals surface area contributed by atoms with Crippen LogP contribution in [0.1, 0.15) is 12.5 Å². The molecule has 2 aromatic carbocycles. The van der Waals surface area contributed by atoms with Crippen LogP contribution in [0.25, 0.3) is 0 Å². The van der Waals surface area contributed by atoms with Gasteiger partial charge in [-0.2, -0.15) is 0 Å². The predicted molar refractivity (Wildman–Crippen MR) is 97.4 cm³/mol. The van der Waals surface area contributed by atoms with E-state index in [1.807, 2.05) is 12.1 Å². The molecule has 7 nitrogen and oxygen atoms in total. The molecule has 0 aromatic heterocycles. The molecule has 1 aliphatic rings. The molecule has 3 N–H and O–H groups in total. The van der Waals surface area contributed by atoms with Crippen LogP contribution in [0.2, 0.25) is 0 Å². The van der Waals surface area contributed by atoms with E-state index in [1.165, 1.54) is 19.1 Å². The lowest BCUT2D eigenvalue weighted by atomic mass is 10.2. The largest absolute Gasteiger partial charge is 0.368 e. The molecule has 2 aromatic rings. The SMILES string of the molecule is CC(=O)Nc1cccc(S(=O)(=O)Nc2ccc(C3=NCCN3)cc2)c1. The van der Waals surface area contributed by atoms with Crippen molar-refractivity contribution >= 4 is 33.1 Å². The average Bonchev–Trinajstić information content (AvgIpc) is 3.09. The van der Waals surface area contributed by atoms with Crippen LogP contribution in [-0.2, 0) is 14.8 Å². The zero-order chi connectivity index (χ0) is 17.9. The van der Waals surface area contributed by atoms with E-state index in [0.717, 1.165) is 24.5 Å². The summed E-state index contributed by atoms with van der Waals surface area (Å²) in [5.41, 5.74) is 1.79. The molecule has 0 saturated heterocycles. The van der Waals surface area contributed by atoms with Gasteiger partial charge in [0.2, 0.25) is 5.91 Å². The minimum atomic E-state index is -3.75. The molecule has 1 heterocycles. The molecule has 25 heavy (non-hydrogen) atoms. The summed E-state index contributed by atoms with van der Waals surface area (Å²) in [5, 5.41) is 5.73. The molecule has 8 heteroatoms. The number of sulfonamides is 1. The first kappa shape index (κ1) is 17.0. The van der Waals surface area contributed by atoms with Crippen molar-refractivity contribution < 1.29 is 13.2 Å². The van der Waals surface area contributed by atoms with Gasteiger partial charge in [-0.05, 0) is 42.5 Å². The zero-order valence-electron chi connectivity index (χ0n) is 13.6. The zero-order valence-corrected chi connectivity index (χ0v) is 14.4. The van der Waals surface area contributed by atoms with E-state index in [-0.39, 0.29) is 10.8 Å². The highest BCUT2D eigenvalue weighted by molar-refractivity contribution is 7.92. The summed E-state index contributed by atoms with van der Waals surface area (Å²) in [6.07, 6.45) is 0. The van der Waals surface area contributed by atoms with Gasteiger partial charge in [-0.25, -0.2) is 8.42 Å². The molecule has 1 amide bonds. The van der Waals surface area contributed by atoms with E-state index in [1.54, 1.807) is 24.3 Å². The molecule has 0 atom stereocenters. The number of benzene rings is 2. The van der Waals surface area contributed by atoms with E-state index in [2.05, 4.69) is 20.3 Å². The number of hydrogen-bond donors (Lipinski definition) is 3. The molecule has 3 rings (SSSR count). The normalized spacial score (nSPS) is 13.7. The summed E-state index contributed by atoms with van der Waals surface area (Å²) in [7, 11) is -3.75. The van der Waals surface area contributed by atoms with Gasteiger partial charge in [0.1, 0.15) is 5.84 Å². The number of carbonyl (C=O) groups excluding carboxylic acids is 1. The summed E-state index contributed by atoms with van der Waals surface area (Å²) in [4.78, 5) is 15.5. The van der Waals surface area contributed by atoms with E-state index in [9.17, 15) is 13.2 Å². The molecule has 0 radical (unpaired) electrons. The molecular formula is C17H18N4O3S. The summed E-state index contributed by atoms with van der Waals surface area (Å²) in [5.74, 6) is 0.555. The van der Waals surface area contributed by atoms with Crippen molar-refractivity contribution in [2.45, 2.75) is 11.8 Å². The second-order valence-electron chi connectivity index (χ2n) is 5.55. The smallest absolute Gasteiger partial charge is 0.261 e. The molecule has 0 fully saturated rings. The topological polar surface area (TPSA) is 99.7 Å². The number of nitrogens with zero attached hydrogens (tertiary/aromatic N) is 1. The van der Waals surface area contributed by atoms with E-state index in [4.69, 9.17) is 0 Å². The van der Waals surface area contributed by atoms with Crippen molar-refractivity contribution in [1.82, 2.24) is 5.32 Å². The maximum absolute atomic E-state index is 12.5. The minimum absolute atomic E-state index is 0.0738. The lowest BCUT2D eigenvalue weighted by molar-refractivity contribution is -0.114. The van der Waals surface area contributed by atoms with Gasteiger partial charge >= 0.3 is 0 Å². The van der Waals surface area contributed by atoms with Crippen molar-refractivity contribution in [3.05, 3.63) is 54.1 Å². The molecule has 0 unspecified atom stereocenters. The van der Waals surface area contributed by atoms with Crippen molar-refractivity contribution in [1.29, 1.82) is 0 Å². The molecular weight excluding hydrogens is 340 g/mol. The summed E-state index contributed by atoms with van der Waals surface area (Å²) in [6, 6.07) is 13.1. The van der Waals surface area contributed by atoms with Crippen molar-refractivity contribution in [2.75, 3.05) is 23.1 Å². The second kappa shape index (κ2) is 6.94. The first-order valence-corrected chi connectivity index (χ1v) is 9.21. The number of nitrogens with one attached hydrogen (secondary N) is 3. The fourth-order valence-electron chi connectivity index (χ4n) is 2.45. The molecule has 0 spiro atoms. The molecule has 0 bridgehead atoms. The van der Waals surface area contributed by atoms with E-state index < -0.39 is 10.0 Å². The van der Waals surface area contributed by atoms with Gasteiger partial charge in [0.05, 0.1) is 11.4 Å². The third kappa shape index (κ3) is 4.16. The Morgan fingerprint density at radius 1 is 1.12 bits per heavy atom. The Labute approximate surface area is 146 Å². The summed E-state index contributed by atoms with van der Waals surface area (Å²) in [6.45, 7) is 2.92. The lowest BCUT2D eigenvalue weighted by Crippen LogP contribution is -2.19. The van der Waals surface area contributed by atoms with Crippen LogP contribution in [0.4, 0.5) is 11.4 Å². The number of amides is 1. The second-order valence-corrected chi connectivity index (χ2v) is 7.23. The highest BCUT2D eigenvalue weighted by Crippen LogP contribution is 2.20. The molecule has 0 aliphatic carbocycles. The van der Waals surface area contributed by atoms with Crippen LogP contribution in [0.15, 0.2) is 58.4 Å². The summed E-state index contributed by atoms with van der Waals surface area (Å²) >= 11 is 0. The number of anilines is 2. The van der Waals surface area contributed by atoms with Gasteiger partial charge in [0.25, 0.3) is 10.0 Å². The fraction of sp³-hybridized carbons (Fsp3) is 0.176. The van der Waals surface area contributed by atoms with Gasteiger partial charge in [-0.15, -0.1) is 0 Å². The first-order chi connectivity index (χ1) is 11.9. The minimum Gasteiger partial charge on any atom is -0.368 e. The van der Waals surface area contributed by atoms with Crippen LogP contribution in [0, 0.1) is 0 Å². The summed E-state index contributed by atoms with van der Waals surface area (Å²) < 4.78 is 27.6. The van der Waals surface area contributed by atoms with Gasteiger partial charge in [0, 0.05) is 30.4 Å². The third-order valence-corrected chi connectivity index (χ3v) is 4.93. The van der Waals surface area contributed by atoms with E-state index in [0.29, 0.717) is 11.4 Å². The fourth-order valence-corrected chi connectivity index (χ4v) is 3.55. The van der Waals surface area contributed by atoms with Crippen LogP contribution in [0.3, 0.4) is 0 Å². The number of amidine groups is 1. The maximum Gasteiger partial charge on any atom is 0.261 e. The lowest BCUT2D eigenvalue weighted by Gasteiger charge is -2.10. The quantitative estimate of drug-likeness (QED) is 0.759.